The van der Waals surface area contributed by atoms with Crippen LogP contribution in [0.3, 0.4) is 0 Å². The Balaban J connectivity index is 1.31. The molecule has 16 nitrogen and oxygen atoms in total. The van der Waals surface area contributed by atoms with Crippen molar-refractivity contribution in [1.29, 1.82) is 0 Å². The molecule has 0 fully saturated rings. The van der Waals surface area contributed by atoms with Crippen molar-refractivity contribution < 1.29 is 48.2 Å². The van der Waals surface area contributed by atoms with E-state index in [9.17, 15) is 43.5 Å². The van der Waals surface area contributed by atoms with Crippen LogP contribution in [0.1, 0.15) is 80.9 Å². The maximum atomic E-state index is 14.8. The number of carbonyl (C=O) groups excluding carboxylic acids is 7. The standard InChI is InChI=1S/C56H64N6O10S/c1-56(2,3)72-55(71)57-29-11-10-18-44(54(69)70)60-51(66)41-31-37-21-25-42(26-22-37)58-49(64)27-28-50(65)59-47(35-43-17-12-30-73-43)53(68)62-46(33-38-19-23-40(24-20-38)39-15-8-5-9-16-39)52(67)61-45(48(63)34-41)32-36-13-6-4-7-14-36/h4-9,12-17,19-26,30,41,44-47H,10-11,18,27-29,31-35H2,1-3H3,(H,57,71)(H,58,64)(H,59,65)(H,60,66)(H,61,67)(H,62,68)(H,69,70)/t41-,44+,45-,46+,47-/m1/s1. The lowest BCUT2D eigenvalue weighted by atomic mass is 9.89. The molecule has 0 aliphatic carbocycles. The van der Waals surface area contributed by atoms with Crippen LogP contribution in [-0.2, 0) is 64.0 Å². The van der Waals surface area contributed by atoms with E-state index >= 15 is 0 Å². The van der Waals surface area contributed by atoms with E-state index in [4.69, 9.17) is 4.74 Å². The summed E-state index contributed by atoms with van der Waals surface area (Å²) in [6.45, 7) is 5.43. The number of rotatable bonds is 15. The minimum absolute atomic E-state index is 0.00672. The Morgan fingerprint density at radius 3 is 1.92 bits per heavy atom. The Bertz CT molecular complexity index is 2660. The molecule has 73 heavy (non-hydrogen) atoms. The van der Waals surface area contributed by atoms with E-state index in [0.717, 1.165) is 16.0 Å². The van der Waals surface area contributed by atoms with Gasteiger partial charge in [0.25, 0.3) is 0 Å². The molecule has 5 atom stereocenters. The highest BCUT2D eigenvalue weighted by Gasteiger charge is 2.34. The molecule has 2 bridgehead atoms. The van der Waals surface area contributed by atoms with Gasteiger partial charge in [0.05, 0.1) is 6.04 Å². The van der Waals surface area contributed by atoms with Crippen molar-refractivity contribution >= 4 is 64.4 Å². The number of nitrogens with one attached hydrogen (secondary N) is 6. The number of carboxylic acids is 1. The Morgan fingerprint density at radius 1 is 0.671 bits per heavy atom. The fraction of sp³-hybridized carbons (Fsp3) is 0.357. The zero-order valence-corrected chi connectivity index (χ0v) is 42.1. The van der Waals surface area contributed by atoms with Crippen LogP contribution in [0.4, 0.5) is 10.5 Å². The monoisotopic (exact) mass is 1010 g/mol. The van der Waals surface area contributed by atoms with Crippen LogP contribution < -0.4 is 31.9 Å². The van der Waals surface area contributed by atoms with Gasteiger partial charge in [-0.25, -0.2) is 9.59 Å². The molecular formula is C56H64N6O10S. The predicted molar refractivity (Wildman–Crippen MR) is 278 cm³/mol. The highest BCUT2D eigenvalue weighted by atomic mass is 32.1. The zero-order chi connectivity index (χ0) is 52.3. The lowest BCUT2D eigenvalue weighted by molar-refractivity contribution is -0.143. The molecule has 7 N–H and O–H groups in total. The molecule has 17 heteroatoms. The van der Waals surface area contributed by atoms with E-state index in [1.165, 1.54) is 11.3 Å². The Kier molecular flexibility index (Phi) is 20.0. The quantitative estimate of drug-likeness (QED) is 0.0432. The summed E-state index contributed by atoms with van der Waals surface area (Å²) in [5.74, 6) is -6.00. The maximum absolute atomic E-state index is 14.8. The zero-order valence-electron chi connectivity index (χ0n) is 41.3. The van der Waals surface area contributed by atoms with Gasteiger partial charge in [-0.15, -0.1) is 11.3 Å². The number of carboxylic acid groups (broad SMARTS) is 1. The number of benzene rings is 4. The van der Waals surface area contributed by atoms with Crippen molar-refractivity contribution in [2.75, 3.05) is 11.9 Å². The number of hydrogen-bond acceptors (Lipinski definition) is 10. The summed E-state index contributed by atoms with van der Waals surface area (Å²) >= 11 is 1.39. The Hall–Kier alpha value is -7.66. The number of hydrogen-bond donors (Lipinski definition) is 7. The van der Waals surface area contributed by atoms with Gasteiger partial charge in [0, 0.05) is 55.1 Å². The van der Waals surface area contributed by atoms with E-state index in [0.29, 0.717) is 35.2 Å². The van der Waals surface area contributed by atoms with Crippen molar-refractivity contribution in [3.8, 4) is 11.1 Å². The summed E-state index contributed by atoms with van der Waals surface area (Å²) in [5, 5.41) is 28.7. The number of fused-ring (bicyclic) bond motifs is 18. The largest absolute Gasteiger partial charge is 0.480 e. The molecular weight excluding hydrogens is 949 g/mol. The number of aliphatic carboxylic acids is 1. The molecule has 1 aromatic heterocycles. The van der Waals surface area contributed by atoms with Gasteiger partial charge in [-0.2, -0.15) is 0 Å². The molecule has 2 aliphatic rings. The van der Waals surface area contributed by atoms with Crippen molar-refractivity contribution in [2.45, 2.75) is 115 Å². The topological polar surface area (TPSA) is 238 Å². The summed E-state index contributed by atoms with van der Waals surface area (Å²) in [4.78, 5) is 110. The third-order valence-electron chi connectivity index (χ3n) is 12.1. The first-order valence-electron chi connectivity index (χ1n) is 24.5. The van der Waals surface area contributed by atoms with Gasteiger partial charge in [0.1, 0.15) is 23.7 Å². The number of ether oxygens (including phenoxy) is 1. The van der Waals surface area contributed by atoms with Crippen LogP contribution in [0, 0.1) is 5.92 Å². The molecule has 6 amide bonds. The van der Waals surface area contributed by atoms with Gasteiger partial charge in [0.15, 0.2) is 5.78 Å². The first kappa shape index (κ1) is 54.7. The Morgan fingerprint density at radius 2 is 1.27 bits per heavy atom. The molecule has 7 rings (SSSR count). The lowest BCUT2D eigenvalue weighted by Gasteiger charge is -2.27. The maximum Gasteiger partial charge on any atom is 0.407 e. The van der Waals surface area contributed by atoms with Gasteiger partial charge in [-0.3, -0.25) is 28.8 Å². The highest BCUT2D eigenvalue weighted by molar-refractivity contribution is 7.09. The fourth-order valence-corrected chi connectivity index (χ4v) is 9.03. The van der Waals surface area contributed by atoms with Crippen molar-refractivity contribution in [1.82, 2.24) is 26.6 Å². The number of anilines is 1. The Labute approximate surface area is 429 Å². The van der Waals surface area contributed by atoms with Crippen molar-refractivity contribution in [3.63, 3.8) is 0 Å². The van der Waals surface area contributed by atoms with Crippen LogP contribution in [0.25, 0.3) is 11.1 Å². The molecule has 5 aromatic rings. The van der Waals surface area contributed by atoms with Crippen LogP contribution in [0.5, 0.6) is 0 Å². The molecule has 0 radical (unpaired) electrons. The number of unbranched alkanes of at least 4 members (excludes halogenated alkanes) is 1. The highest BCUT2D eigenvalue weighted by Crippen LogP contribution is 2.22. The van der Waals surface area contributed by atoms with Gasteiger partial charge >= 0.3 is 12.1 Å². The predicted octanol–water partition coefficient (Wildman–Crippen LogP) is 6.71. The molecule has 0 unspecified atom stereocenters. The number of thiophene rings is 1. The molecule has 3 heterocycles. The van der Waals surface area contributed by atoms with Crippen LogP contribution in [0.15, 0.2) is 127 Å². The summed E-state index contributed by atoms with van der Waals surface area (Å²) in [7, 11) is 0. The minimum atomic E-state index is -1.33. The molecule has 0 saturated carbocycles. The van der Waals surface area contributed by atoms with E-state index in [2.05, 4.69) is 31.9 Å². The molecule has 2 aliphatic heterocycles. The molecule has 0 spiro atoms. The molecule has 4 aromatic carbocycles. The number of amides is 6. The van der Waals surface area contributed by atoms with Gasteiger partial charge in [-0.1, -0.05) is 103 Å². The number of Topliss-reactive ketones (excluding diaryl/α,β-unsaturated/α-hetero) is 1. The normalized spacial score (nSPS) is 18.7. The lowest BCUT2D eigenvalue weighted by Crippen LogP contribution is -2.57. The van der Waals surface area contributed by atoms with Gasteiger partial charge < -0.3 is 41.7 Å². The second-order valence-corrected chi connectivity index (χ2v) is 20.2. The molecule has 384 valence electrons. The van der Waals surface area contributed by atoms with Gasteiger partial charge in [0.2, 0.25) is 29.5 Å². The average Bonchev–Trinajstić information content (AvgIpc) is 3.88. The van der Waals surface area contributed by atoms with Crippen LogP contribution in [-0.4, -0.2) is 88.8 Å². The van der Waals surface area contributed by atoms with Crippen LogP contribution >= 0.6 is 11.3 Å². The SMILES string of the molecule is CC(C)(C)OC(=O)NCCCC[C@H](NC(=O)[C@H]1CC(=O)[C@@H](Cc2ccccc2)NC(=O)[C@H](Cc2ccc(-c3ccccc3)cc2)NC(=O)[C@@H](Cc2cccs2)NC(=O)CCC(=O)Nc2ccc(cc2)C1)C(=O)O. The molecule has 0 saturated heterocycles. The smallest absolute Gasteiger partial charge is 0.407 e. The van der Waals surface area contributed by atoms with E-state index in [1.54, 1.807) is 69.3 Å². The van der Waals surface area contributed by atoms with E-state index < -0.39 is 89.5 Å². The summed E-state index contributed by atoms with van der Waals surface area (Å²) in [6, 6.07) is 31.5. The minimum Gasteiger partial charge on any atom is -0.480 e. The van der Waals surface area contributed by atoms with E-state index in [1.807, 2.05) is 78.2 Å². The second kappa shape index (κ2) is 26.7. The summed E-state index contributed by atoms with van der Waals surface area (Å²) in [5.41, 5.74) is 3.62. The van der Waals surface area contributed by atoms with Crippen molar-refractivity contribution in [2.24, 2.45) is 5.92 Å². The number of carbonyl (C=O) groups is 8. The fourth-order valence-electron chi connectivity index (χ4n) is 8.28. The third-order valence-corrected chi connectivity index (χ3v) is 13.0. The summed E-state index contributed by atoms with van der Waals surface area (Å²) < 4.78 is 5.26. The van der Waals surface area contributed by atoms with Crippen LogP contribution in [0.2, 0.25) is 0 Å². The third kappa shape index (κ3) is 18.2. The van der Waals surface area contributed by atoms with E-state index in [-0.39, 0.29) is 51.5 Å². The number of alkyl carbamates (subject to hydrolysis) is 1. The first-order chi connectivity index (χ1) is 35.0. The first-order valence-corrected chi connectivity index (χ1v) is 25.4. The van der Waals surface area contributed by atoms with Crippen molar-refractivity contribution in [3.05, 3.63) is 148 Å². The summed E-state index contributed by atoms with van der Waals surface area (Å²) in [6.07, 6.45) is -0.633. The number of ketones is 1. The average molecular weight is 1010 g/mol. The van der Waals surface area contributed by atoms with Gasteiger partial charge in [-0.05, 0) is 104 Å². The second-order valence-electron chi connectivity index (χ2n) is 19.1.